The van der Waals surface area contributed by atoms with Gasteiger partial charge in [0.1, 0.15) is 5.15 Å². The third kappa shape index (κ3) is 1.55. The van der Waals surface area contributed by atoms with E-state index >= 15 is 0 Å². The SMILES string of the molecule is Cc1[nH]ncc1-c1ccc(Cl)nc1. The van der Waals surface area contributed by atoms with E-state index in [1.807, 2.05) is 13.0 Å². The molecule has 3 nitrogen and oxygen atoms in total. The van der Waals surface area contributed by atoms with Gasteiger partial charge in [0.15, 0.2) is 0 Å². The molecule has 0 bridgehead atoms. The summed E-state index contributed by atoms with van der Waals surface area (Å²) >= 11 is 5.68. The molecule has 2 aromatic rings. The highest BCUT2D eigenvalue weighted by molar-refractivity contribution is 6.29. The van der Waals surface area contributed by atoms with Crippen molar-refractivity contribution in [3.05, 3.63) is 35.4 Å². The molecule has 0 spiro atoms. The second kappa shape index (κ2) is 3.18. The van der Waals surface area contributed by atoms with Crippen molar-refractivity contribution in [2.75, 3.05) is 0 Å². The van der Waals surface area contributed by atoms with Crippen molar-refractivity contribution < 1.29 is 0 Å². The quantitative estimate of drug-likeness (QED) is 0.707. The van der Waals surface area contributed by atoms with Crippen LogP contribution >= 0.6 is 11.6 Å². The number of aryl methyl sites for hydroxylation is 1. The molecule has 0 aromatic carbocycles. The second-order valence-electron chi connectivity index (χ2n) is 2.78. The maximum atomic E-state index is 5.68. The van der Waals surface area contributed by atoms with Crippen LogP contribution in [0.1, 0.15) is 5.69 Å². The monoisotopic (exact) mass is 193 g/mol. The number of halogens is 1. The fraction of sp³-hybridized carbons (Fsp3) is 0.111. The van der Waals surface area contributed by atoms with Crippen molar-refractivity contribution >= 4 is 11.6 Å². The number of aromatic nitrogens is 3. The van der Waals surface area contributed by atoms with Crippen LogP contribution in [0.3, 0.4) is 0 Å². The highest BCUT2D eigenvalue weighted by Gasteiger charge is 2.03. The van der Waals surface area contributed by atoms with Gasteiger partial charge in [0.25, 0.3) is 0 Å². The lowest BCUT2D eigenvalue weighted by Crippen LogP contribution is -1.80. The van der Waals surface area contributed by atoms with Crippen LogP contribution in [0.2, 0.25) is 5.15 Å². The molecular weight excluding hydrogens is 186 g/mol. The van der Waals surface area contributed by atoms with Gasteiger partial charge in [-0.05, 0) is 19.1 Å². The van der Waals surface area contributed by atoms with Crippen molar-refractivity contribution in [3.8, 4) is 11.1 Å². The predicted octanol–water partition coefficient (Wildman–Crippen LogP) is 2.43. The zero-order valence-electron chi connectivity index (χ0n) is 7.08. The summed E-state index contributed by atoms with van der Waals surface area (Å²) in [6, 6.07) is 3.69. The van der Waals surface area contributed by atoms with Crippen molar-refractivity contribution in [1.82, 2.24) is 15.2 Å². The molecule has 2 heterocycles. The summed E-state index contributed by atoms with van der Waals surface area (Å²) in [4.78, 5) is 4.00. The Kier molecular flexibility index (Phi) is 2.02. The van der Waals surface area contributed by atoms with Crippen molar-refractivity contribution in [1.29, 1.82) is 0 Å². The van der Waals surface area contributed by atoms with E-state index in [2.05, 4.69) is 15.2 Å². The average Bonchev–Trinajstić information content (AvgIpc) is 2.53. The molecule has 2 aromatic heterocycles. The van der Waals surface area contributed by atoms with Crippen LogP contribution in [-0.4, -0.2) is 15.2 Å². The fourth-order valence-electron chi connectivity index (χ4n) is 1.18. The zero-order valence-corrected chi connectivity index (χ0v) is 7.84. The van der Waals surface area contributed by atoms with Gasteiger partial charge in [-0.2, -0.15) is 5.10 Å². The van der Waals surface area contributed by atoms with E-state index in [9.17, 15) is 0 Å². The Morgan fingerprint density at radius 1 is 1.31 bits per heavy atom. The van der Waals surface area contributed by atoms with Gasteiger partial charge in [-0.15, -0.1) is 0 Å². The molecule has 0 aliphatic rings. The Labute approximate surface area is 80.8 Å². The molecule has 0 amide bonds. The van der Waals surface area contributed by atoms with Crippen LogP contribution < -0.4 is 0 Å². The summed E-state index contributed by atoms with van der Waals surface area (Å²) in [6.45, 7) is 1.97. The van der Waals surface area contributed by atoms with Gasteiger partial charge >= 0.3 is 0 Å². The summed E-state index contributed by atoms with van der Waals surface area (Å²) < 4.78 is 0. The van der Waals surface area contributed by atoms with Crippen molar-refractivity contribution in [2.45, 2.75) is 6.92 Å². The highest BCUT2D eigenvalue weighted by Crippen LogP contribution is 2.21. The summed E-state index contributed by atoms with van der Waals surface area (Å²) in [6.07, 6.45) is 3.51. The Balaban J connectivity index is 2.47. The van der Waals surface area contributed by atoms with Gasteiger partial charge < -0.3 is 0 Å². The Bertz CT molecular complexity index is 405. The van der Waals surface area contributed by atoms with Crippen LogP contribution in [-0.2, 0) is 0 Å². The maximum Gasteiger partial charge on any atom is 0.129 e. The molecular formula is C9H8ClN3. The minimum Gasteiger partial charge on any atom is -0.282 e. The van der Waals surface area contributed by atoms with Crippen LogP contribution in [0.15, 0.2) is 24.5 Å². The third-order valence-electron chi connectivity index (χ3n) is 1.87. The number of H-pyrrole nitrogens is 1. The largest absolute Gasteiger partial charge is 0.282 e. The van der Waals surface area contributed by atoms with E-state index in [4.69, 9.17) is 11.6 Å². The van der Waals surface area contributed by atoms with E-state index in [1.54, 1.807) is 18.5 Å². The molecule has 0 saturated carbocycles. The van der Waals surface area contributed by atoms with Gasteiger partial charge in [-0.25, -0.2) is 4.98 Å². The molecule has 0 unspecified atom stereocenters. The van der Waals surface area contributed by atoms with Crippen molar-refractivity contribution in [2.24, 2.45) is 0 Å². The molecule has 0 aliphatic heterocycles. The normalized spacial score (nSPS) is 10.3. The topological polar surface area (TPSA) is 41.6 Å². The van der Waals surface area contributed by atoms with E-state index in [1.165, 1.54) is 0 Å². The molecule has 0 fully saturated rings. The minimum absolute atomic E-state index is 0.505. The molecule has 0 saturated heterocycles. The Hall–Kier alpha value is -1.35. The molecule has 66 valence electrons. The van der Waals surface area contributed by atoms with E-state index in [0.717, 1.165) is 16.8 Å². The number of aromatic amines is 1. The Morgan fingerprint density at radius 2 is 2.15 bits per heavy atom. The molecule has 13 heavy (non-hydrogen) atoms. The summed E-state index contributed by atoms with van der Waals surface area (Å²) in [7, 11) is 0. The lowest BCUT2D eigenvalue weighted by molar-refractivity contribution is 1.05. The predicted molar refractivity (Wildman–Crippen MR) is 51.6 cm³/mol. The van der Waals surface area contributed by atoms with Gasteiger partial charge in [0, 0.05) is 23.0 Å². The number of nitrogens with zero attached hydrogens (tertiary/aromatic N) is 2. The summed E-state index contributed by atoms with van der Waals surface area (Å²) in [5, 5.41) is 7.31. The number of pyridine rings is 1. The standard InChI is InChI=1S/C9H8ClN3/c1-6-8(5-12-13-6)7-2-3-9(10)11-4-7/h2-5H,1H3,(H,12,13). The van der Waals surface area contributed by atoms with E-state index < -0.39 is 0 Å². The third-order valence-corrected chi connectivity index (χ3v) is 2.09. The first-order valence-corrected chi connectivity index (χ1v) is 4.27. The Morgan fingerprint density at radius 3 is 2.69 bits per heavy atom. The lowest BCUT2D eigenvalue weighted by Gasteiger charge is -1.97. The van der Waals surface area contributed by atoms with Gasteiger partial charge in [0.05, 0.1) is 6.20 Å². The van der Waals surface area contributed by atoms with Crippen LogP contribution in [0.4, 0.5) is 0 Å². The second-order valence-corrected chi connectivity index (χ2v) is 3.17. The summed E-state index contributed by atoms with van der Waals surface area (Å²) in [5.74, 6) is 0. The molecule has 0 aliphatic carbocycles. The molecule has 0 atom stereocenters. The number of hydrogen-bond donors (Lipinski definition) is 1. The number of nitrogens with one attached hydrogen (secondary N) is 1. The molecule has 0 radical (unpaired) electrons. The fourth-order valence-corrected chi connectivity index (χ4v) is 1.29. The van der Waals surface area contributed by atoms with Crippen LogP contribution in [0, 0.1) is 6.92 Å². The lowest BCUT2D eigenvalue weighted by atomic mass is 10.1. The van der Waals surface area contributed by atoms with Gasteiger partial charge in [0.2, 0.25) is 0 Å². The first kappa shape index (κ1) is 8.26. The first-order valence-electron chi connectivity index (χ1n) is 3.89. The summed E-state index contributed by atoms with van der Waals surface area (Å²) in [5.41, 5.74) is 3.11. The first-order chi connectivity index (χ1) is 6.27. The van der Waals surface area contributed by atoms with E-state index in [0.29, 0.717) is 5.15 Å². The smallest absolute Gasteiger partial charge is 0.129 e. The minimum atomic E-state index is 0.505. The highest BCUT2D eigenvalue weighted by atomic mass is 35.5. The van der Waals surface area contributed by atoms with Crippen LogP contribution in [0.25, 0.3) is 11.1 Å². The van der Waals surface area contributed by atoms with Gasteiger partial charge in [-0.1, -0.05) is 11.6 Å². The average molecular weight is 194 g/mol. The maximum absolute atomic E-state index is 5.68. The molecule has 4 heteroatoms. The molecule has 2 rings (SSSR count). The van der Waals surface area contributed by atoms with Crippen LogP contribution in [0.5, 0.6) is 0 Å². The number of rotatable bonds is 1. The number of hydrogen-bond acceptors (Lipinski definition) is 2. The zero-order chi connectivity index (χ0) is 9.26. The van der Waals surface area contributed by atoms with Crippen molar-refractivity contribution in [3.63, 3.8) is 0 Å². The van der Waals surface area contributed by atoms with Gasteiger partial charge in [-0.3, -0.25) is 5.10 Å². The van der Waals surface area contributed by atoms with E-state index in [-0.39, 0.29) is 0 Å². The molecule has 1 N–H and O–H groups in total.